The number of aromatic amines is 2. The van der Waals surface area contributed by atoms with Gasteiger partial charge in [-0.15, -0.1) is 0 Å². The first-order valence-electron chi connectivity index (χ1n) is 3.60. The summed E-state index contributed by atoms with van der Waals surface area (Å²) in [7, 11) is 0. The average Bonchev–Trinajstić information content (AvgIpc) is 2.45. The molecule has 0 saturated carbocycles. The van der Waals surface area contributed by atoms with Crippen LogP contribution in [0.1, 0.15) is 5.69 Å². The van der Waals surface area contributed by atoms with Gasteiger partial charge in [-0.05, 0) is 22.6 Å². The Morgan fingerprint density at radius 2 is 2.00 bits per heavy atom. The van der Waals surface area contributed by atoms with Gasteiger partial charge in [0.2, 0.25) is 0 Å². The highest BCUT2D eigenvalue weighted by atomic mass is 127. The number of fused-ring (bicyclic) bond motifs is 1. The van der Waals surface area contributed by atoms with Crippen LogP contribution in [-0.4, -0.2) is 20.2 Å². The minimum Gasteiger partial charge on any atom is -0.301 e. The quantitative estimate of drug-likeness (QED) is 0.564. The predicted molar refractivity (Wildman–Crippen MR) is 52.2 cm³/mol. The van der Waals surface area contributed by atoms with Gasteiger partial charge < -0.3 is 4.98 Å². The maximum Gasteiger partial charge on any atom is 0.433 e. The van der Waals surface area contributed by atoms with Gasteiger partial charge in [0.15, 0.2) is 15.2 Å². The first kappa shape index (κ1) is 10.4. The van der Waals surface area contributed by atoms with E-state index in [9.17, 15) is 18.0 Å². The van der Waals surface area contributed by atoms with E-state index in [1.165, 1.54) is 0 Å². The van der Waals surface area contributed by atoms with E-state index in [0.29, 0.717) is 0 Å². The molecule has 2 aromatic heterocycles. The highest BCUT2D eigenvalue weighted by Gasteiger charge is 2.36. The number of hydrogen-bond donors (Lipinski definition) is 2. The van der Waals surface area contributed by atoms with Gasteiger partial charge in [-0.25, -0.2) is 4.98 Å². The van der Waals surface area contributed by atoms with E-state index < -0.39 is 22.8 Å². The molecule has 0 bridgehead atoms. The minimum atomic E-state index is -4.64. The van der Waals surface area contributed by atoms with Crippen LogP contribution in [0.3, 0.4) is 0 Å². The van der Waals surface area contributed by atoms with Crippen LogP contribution >= 0.6 is 22.6 Å². The topological polar surface area (TPSA) is 74.4 Å². The molecule has 2 rings (SSSR count). The Balaban J connectivity index is 2.87. The van der Waals surface area contributed by atoms with E-state index >= 15 is 0 Å². The smallest absolute Gasteiger partial charge is 0.301 e. The van der Waals surface area contributed by atoms with Gasteiger partial charge in [0.1, 0.15) is 5.39 Å². The summed E-state index contributed by atoms with van der Waals surface area (Å²) in [5.41, 5.74) is -2.27. The summed E-state index contributed by atoms with van der Waals surface area (Å²) in [4.78, 5) is 17.1. The lowest BCUT2D eigenvalue weighted by Crippen LogP contribution is -2.14. The van der Waals surface area contributed by atoms with Gasteiger partial charge in [0.25, 0.3) is 5.56 Å². The Hall–Kier alpha value is -1.13. The molecule has 0 saturated heterocycles. The van der Waals surface area contributed by atoms with Crippen LogP contribution in [0.15, 0.2) is 4.79 Å². The first-order chi connectivity index (χ1) is 6.89. The van der Waals surface area contributed by atoms with Gasteiger partial charge >= 0.3 is 6.18 Å². The fourth-order valence-corrected chi connectivity index (χ4v) is 1.58. The molecule has 0 aliphatic carbocycles. The molecular formula is C6H2F3IN4O. The molecule has 80 valence electrons. The number of H-pyrrole nitrogens is 2. The Morgan fingerprint density at radius 3 is 2.60 bits per heavy atom. The van der Waals surface area contributed by atoms with Gasteiger partial charge in [-0.1, -0.05) is 0 Å². The van der Waals surface area contributed by atoms with Crippen molar-refractivity contribution in [1.82, 2.24) is 20.2 Å². The third-order valence-electron chi connectivity index (χ3n) is 1.68. The zero-order chi connectivity index (χ0) is 11.2. The number of halogens is 4. The largest absolute Gasteiger partial charge is 0.433 e. The first-order valence-corrected chi connectivity index (χ1v) is 4.68. The SMILES string of the molecule is O=c1[nH]c(I)nc2n[nH]c(C(F)(F)F)c12. The molecule has 0 fully saturated rings. The lowest BCUT2D eigenvalue weighted by molar-refractivity contribution is -0.140. The van der Waals surface area contributed by atoms with E-state index in [-0.39, 0.29) is 9.48 Å². The van der Waals surface area contributed by atoms with Crippen LogP contribution in [-0.2, 0) is 6.18 Å². The van der Waals surface area contributed by atoms with Crippen molar-refractivity contribution in [2.24, 2.45) is 0 Å². The lowest BCUT2D eigenvalue weighted by atomic mass is 10.3. The molecule has 0 amide bonds. The zero-order valence-electron chi connectivity index (χ0n) is 6.81. The summed E-state index contributed by atoms with van der Waals surface area (Å²) in [5, 5.41) is 4.52. The number of alkyl halides is 3. The summed E-state index contributed by atoms with van der Waals surface area (Å²) >= 11 is 1.68. The Morgan fingerprint density at radius 1 is 1.33 bits per heavy atom. The van der Waals surface area contributed by atoms with E-state index in [2.05, 4.69) is 15.1 Å². The normalized spacial score (nSPS) is 12.3. The molecule has 2 heterocycles. The maximum atomic E-state index is 12.4. The van der Waals surface area contributed by atoms with Crippen LogP contribution in [0.2, 0.25) is 0 Å². The Kier molecular flexibility index (Phi) is 2.20. The van der Waals surface area contributed by atoms with E-state index in [1.807, 2.05) is 0 Å². The van der Waals surface area contributed by atoms with Crippen LogP contribution in [0.5, 0.6) is 0 Å². The monoisotopic (exact) mass is 330 g/mol. The second-order valence-corrected chi connectivity index (χ2v) is 3.67. The highest BCUT2D eigenvalue weighted by molar-refractivity contribution is 14.1. The van der Waals surface area contributed by atoms with Crippen molar-refractivity contribution in [3.63, 3.8) is 0 Å². The van der Waals surface area contributed by atoms with Crippen molar-refractivity contribution >= 4 is 33.6 Å². The van der Waals surface area contributed by atoms with Crippen molar-refractivity contribution in [2.45, 2.75) is 6.18 Å². The molecule has 5 nitrogen and oxygen atoms in total. The summed E-state index contributed by atoms with van der Waals surface area (Å²) in [6, 6.07) is 0. The highest BCUT2D eigenvalue weighted by Crippen LogP contribution is 2.30. The van der Waals surface area contributed by atoms with Crippen LogP contribution in [0.25, 0.3) is 11.0 Å². The van der Waals surface area contributed by atoms with Crippen molar-refractivity contribution in [3.05, 3.63) is 19.9 Å². The fourth-order valence-electron chi connectivity index (χ4n) is 1.11. The van der Waals surface area contributed by atoms with Crippen molar-refractivity contribution in [2.75, 3.05) is 0 Å². The minimum absolute atomic E-state index is 0.185. The number of aromatic nitrogens is 4. The number of hydrogen-bond acceptors (Lipinski definition) is 3. The molecule has 15 heavy (non-hydrogen) atoms. The van der Waals surface area contributed by atoms with Gasteiger partial charge in [-0.2, -0.15) is 18.3 Å². The molecule has 0 aliphatic rings. The van der Waals surface area contributed by atoms with Crippen molar-refractivity contribution < 1.29 is 13.2 Å². The Bertz CT molecular complexity index is 572. The van der Waals surface area contributed by atoms with E-state index in [0.717, 1.165) is 0 Å². The molecule has 0 aliphatic heterocycles. The molecular weight excluding hydrogens is 328 g/mol. The maximum absolute atomic E-state index is 12.4. The van der Waals surface area contributed by atoms with E-state index in [1.54, 1.807) is 27.7 Å². The number of nitrogens with one attached hydrogen (secondary N) is 2. The third-order valence-corrected chi connectivity index (χ3v) is 2.19. The standard InChI is InChI=1S/C6H2F3IN4O/c7-6(8,9)2-1-3(14-13-2)11-5(10)12-4(1)15/h(H2,11,12,13,14,15). The van der Waals surface area contributed by atoms with Crippen LogP contribution in [0.4, 0.5) is 13.2 Å². The second-order valence-electron chi connectivity index (χ2n) is 2.65. The number of nitrogens with zero attached hydrogens (tertiary/aromatic N) is 2. The molecule has 0 radical (unpaired) electrons. The van der Waals surface area contributed by atoms with E-state index in [4.69, 9.17) is 0 Å². The van der Waals surface area contributed by atoms with Gasteiger partial charge in [-0.3, -0.25) is 9.89 Å². The molecule has 0 atom stereocenters. The van der Waals surface area contributed by atoms with Crippen LogP contribution in [0, 0.1) is 3.83 Å². The number of rotatable bonds is 0. The predicted octanol–water partition coefficient (Wildman–Crippen LogP) is 1.27. The zero-order valence-corrected chi connectivity index (χ0v) is 8.97. The average molecular weight is 330 g/mol. The summed E-state index contributed by atoms with van der Waals surface area (Å²) in [5.74, 6) is 0. The van der Waals surface area contributed by atoms with Gasteiger partial charge in [0, 0.05) is 0 Å². The molecule has 2 N–H and O–H groups in total. The lowest BCUT2D eigenvalue weighted by Gasteiger charge is -2.01. The van der Waals surface area contributed by atoms with Crippen molar-refractivity contribution in [3.8, 4) is 0 Å². The van der Waals surface area contributed by atoms with Crippen LogP contribution < -0.4 is 5.56 Å². The fraction of sp³-hybridized carbons (Fsp3) is 0.167. The second kappa shape index (κ2) is 3.18. The van der Waals surface area contributed by atoms with Crippen molar-refractivity contribution in [1.29, 1.82) is 0 Å². The molecule has 0 unspecified atom stereocenters. The molecule has 0 aromatic carbocycles. The Labute approximate surface area is 93.2 Å². The van der Waals surface area contributed by atoms with Gasteiger partial charge in [0.05, 0.1) is 0 Å². The summed E-state index contributed by atoms with van der Waals surface area (Å²) < 4.78 is 37.3. The summed E-state index contributed by atoms with van der Waals surface area (Å²) in [6.07, 6.45) is -4.64. The molecule has 0 spiro atoms. The third kappa shape index (κ3) is 1.70. The molecule has 9 heteroatoms. The summed E-state index contributed by atoms with van der Waals surface area (Å²) in [6.45, 7) is 0. The molecule has 2 aromatic rings.